The maximum Gasteiger partial charge on any atom is 0.268 e. The van der Waals surface area contributed by atoms with Crippen LogP contribution in [0.2, 0.25) is 0 Å². The Labute approximate surface area is 147 Å². The smallest absolute Gasteiger partial charge is 0.268 e. The Morgan fingerprint density at radius 2 is 1.88 bits per heavy atom. The number of thiophene rings is 1. The Kier molecular flexibility index (Phi) is 7.00. The van der Waals surface area contributed by atoms with Gasteiger partial charge in [0.05, 0.1) is 16.1 Å². The number of unbranched alkanes of at least 4 members (excludes halogenated alkanes) is 3. The molecule has 2 aromatic rings. The Bertz CT molecular complexity index is 668. The van der Waals surface area contributed by atoms with E-state index in [-0.39, 0.29) is 11.8 Å². The number of hydrogen-bond donors (Lipinski definition) is 1. The van der Waals surface area contributed by atoms with Crippen LogP contribution in [0.3, 0.4) is 0 Å². The van der Waals surface area contributed by atoms with Gasteiger partial charge in [-0.05, 0) is 30.0 Å². The van der Waals surface area contributed by atoms with Crippen molar-refractivity contribution >= 4 is 28.8 Å². The maximum absolute atomic E-state index is 12.5. The second kappa shape index (κ2) is 9.23. The van der Waals surface area contributed by atoms with Crippen LogP contribution in [0, 0.1) is 0 Å². The van der Waals surface area contributed by atoms with Gasteiger partial charge in [0.1, 0.15) is 0 Å². The fourth-order valence-electron chi connectivity index (χ4n) is 2.48. The molecule has 1 N–H and O–H groups in total. The van der Waals surface area contributed by atoms with E-state index in [1.54, 1.807) is 25.2 Å². The highest BCUT2D eigenvalue weighted by Crippen LogP contribution is 2.22. The molecule has 0 aliphatic carbocycles. The molecule has 128 valence electrons. The molecule has 5 heteroatoms. The molecule has 0 bridgehead atoms. The van der Waals surface area contributed by atoms with E-state index in [2.05, 4.69) is 12.2 Å². The number of hydrogen-bond acceptors (Lipinski definition) is 3. The number of benzene rings is 1. The summed E-state index contributed by atoms with van der Waals surface area (Å²) in [5.41, 5.74) is 1.15. The van der Waals surface area contributed by atoms with Crippen LogP contribution < -0.4 is 10.2 Å². The van der Waals surface area contributed by atoms with Crippen molar-refractivity contribution in [1.29, 1.82) is 0 Å². The number of anilines is 1. The van der Waals surface area contributed by atoms with Crippen LogP contribution >= 0.6 is 11.3 Å². The molecule has 0 unspecified atom stereocenters. The zero-order chi connectivity index (χ0) is 17.4. The van der Waals surface area contributed by atoms with E-state index in [0.717, 1.165) is 12.8 Å². The lowest BCUT2D eigenvalue weighted by Crippen LogP contribution is -2.30. The topological polar surface area (TPSA) is 49.4 Å². The molecule has 24 heavy (non-hydrogen) atoms. The lowest BCUT2D eigenvalue weighted by atomic mass is 10.1. The molecule has 0 aliphatic heterocycles. The molecule has 0 atom stereocenters. The van der Waals surface area contributed by atoms with E-state index in [9.17, 15) is 9.59 Å². The molecule has 1 aromatic carbocycles. The van der Waals surface area contributed by atoms with Crippen molar-refractivity contribution in [3.63, 3.8) is 0 Å². The van der Waals surface area contributed by atoms with Gasteiger partial charge in [0.25, 0.3) is 11.8 Å². The van der Waals surface area contributed by atoms with Crippen molar-refractivity contribution in [1.82, 2.24) is 5.32 Å². The average molecular weight is 344 g/mol. The van der Waals surface area contributed by atoms with Crippen LogP contribution in [-0.2, 0) is 0 Å². The average Bonchev–Trinajstić information content (AvgIpc) is 3.14. The van der Waals surface area contributed by atoms with E-state index in [4.69, 9.17) is 0 Å². The molecule has 0 aliphatic rings. The lowest BCUT2D eigenvalue weighted by Gasteiger charge is -2.19. The van der Waals surface area contributed by atoms with Crippen molar-refractivity contribution in [3.8, 4) is 0 Å². The molecule has 1 heterocycles. The zero-order valence-corrected chi connectivity index (χ0v) is 15.1. The van der Waals surface area contributed by atoms with Crippen LogP contribution in [0.4, 0.5) is 5.69 Å². The summed E-state index contributed by atoms with van der Waals surface area (Å²) in [6.07, 6.45) is 4.46. The second-order valence-electron chi connectivity index (χ2n) is 5.68. The van der Waals surface area contributed by atoms with Crippen LogP contribution in [-0.4, -0.2) is 25.4 Å². The number of nitrogens with one attached hydrogen (secondary N) is 1. The molecule has 1 aromatic heterocycles. The van der Waals surface area contributed by atoms with E-state index < -0.39 is 0 Å². The zero-order valence-electron chi connectivity index (χ0n) is 14.2. The molecule has 0 spiro atoms. The number of amides is 2. The van der Waals surface area contributed by atoms with Crippen LogP contribution in [0.15, 0.2) is 41.8 Å². The minimum absolute atomic E-state index is 0.104. The number of para-hydroxylation sites is 1. The van der Waals surface area contributed by atoms with Gasteiger partial charge >= 0.3 is 0 Å². The first-order valence-electron chi connectivity index (χ1n) is 8.34. The summed E-state index contributed by atoms with van der Waals surface area (Å²) in [5, 5.41) is 4.82. The summed E-state index contributed by atoms with van der Waals surface area (Å²) < 4.78 is 0. The third-order valence-electron chi connectivity index (χ3n) is 3.86. The summed E-state index contributed by atoms with van der Waals surface area (Å²) in [6.45, 7) is 2.82. The normalized spacial score (nSPS) is 10.4. The number of nitrogens with zero attached hydrogens (tertiary/aromatic N) is 1. The minimum atomic E-state index is -0.132. The molecule has 0 fully saturated rings. The van der Waals surface area contributed by atoms with Gasteiger partial charge in [0, 0.05) is 13.6 Å². The number of carbonyl (C=O) groups excluding carboxylic acids is 2. The fourth-order valence-corrected chi connectivity index (χ4v) is 3.18. The lowest BCUT2D eigenvalue weighted by molar-refractivity contribution is 0.0953. The summed E-state index contributed by atoms with van der Waals surface area (Å²) >= 11 is 1.40. The highest BCUT2D eigenvalue weighted by molar-refractivity contribution is 7.12. The van der Waals surface area contributed by atoms with Crippen LogP contribution in [0.25, 0.3) is 0 Å². The SMILES string of the molecule is CCCCCCNC(=O)c1ccccc1N(C)C(=O)c1cccs1. The highest BCUT2D eigenvalue weighted by atomic mass is 32.1. The first kappa shape index (κ1) is 18.2. The van der Waals surface area contributed by atoms with E-state index in [1.807, 2.05) is 23.6 Å². The molecule has 0 saturated carbocycles. The van der Waals surface area contributed by atoms with Crippen molar-refractivity contribution in [3.05, 3.63) is 52.2 Å². The third-order valence-corrected chi connectivity index (χ3v) is 4.72. The maximum atomic E-state index is 12.5. The van der Waals surface area contributed by atoms with Crippen molar-refractivity contribution in [2.24, 2.45) is 0 Å². The molecule has 2 rings (SSSR count). The Morgan fingerprint density at radius 1 is 1.08 bits per heavy atom. The van der Waals surface area contributed by atoms with Gasteiger partial charge < -0.3 is 10.2 Å². The molecule has 4 nitrogen and oxygen atoms in total. The fraction of sp³-hybridized carbons (Fsp3) is 0.368. The predicted molar refractivity (Wildman–Crippen MR) is 100.0 cm³/mol. The van der Waals surface area contributed by atoms with Gasteiger partial charge in [0.15, 0.2) is 0 Å². The molecular formula is C19H24N2O2S. The number of carbonyl (C=O) groups is 2. The Morgan fingerprint density at radius 3 is 2.58 bits per heavy atom. The minimum Gasteiger partial charge on any atom is -0.352 e. The quantitative estimate of drug-likeness (QED) is 0.724. The van der Waals surface area contributed by atoms with E-state index in [1.165, 1.54) is 29.1 Å². The van der Waals surface area contributed by atoms with Gasteiger partial charge in [-0.1, -0.05) is 44.4 Å². The summed E-state index contributed by atoms with van der Waals surface area (Å²) in [6, 6.07) is 10.9. The standard InChI is InChI=1S/C19H24N2O2S/c1-3-4-5-8-13-20-18(22)15-10-6-7-11-16(15)21(2)19(23)17-12-9-14-24-17/h6-7,9-12,14H,3-5,8,13H2,1-2H3,(H,20,22). The van der Waals surface area contributed by atoms with Crippen LogP contribution in [0.1, 0.15) is 52.6 Å². The summed E-state index contributed by atoms with van der Waals surface area (Å²) in [5.74, 6) is -0.235. The van der Waals surface area contributed by atoms with Crippen LogP contribution in [0.5, 0.6) is 0 Å². The molecule has 2 amide bonds. The van der Waals surface area contributed by atoms with E-state index >= 15 is 0 Å². The first-order chi connectivity index (χ1) is 11.6. The second-order valence-corrected chi connectivity index (χ2v) is 6.62. The largest absolute Gasteiger partial charge is 0.352 e. The summed E-state index contributed by atoms with van der Waals surface area (Å²) in [4.78, 5) is 27.2. The third kappa shape index (κ3) is 4.68. The Balaban J connectivity index is 2.06. The molecule has 0 saturated heterocycles. The van der Waals surface area contributed by atoms with Gasteiger partial charge in [0.2, 0.25) is 0 Å². The first-order valence-corrected chi connectivity index (χ1v) is 9.22. The molecule has 0 radical (unpaired) electrons. The summed E-state index contributed by atoms with van der Waals surface area (Å²) in [7, 11) is 1.70. The van der Waals surface area contributed by atoms with Crippen molar-refractivity contribution in [2.75, 3.05) is 18.5 Å². The van der Waals surface area contributed by atoms with Gasteiger partial charge in [-0.3, -0.25) is 9.59 Å². The highest BCUT2D eigenvalue weighted by Gasteiger charge is 2.19. The van der Waals surface area contributed by atoms with Gasteiger partial charge in [-0.2, -0.15) is 0 Å². The van der Waals surface area contributed by atoms with Gasteiger partial charge in [-0.25, -0.2) is 0 Å². The number of rotatable bonds is 8. The monoisotopic (exact) mass is 344 g/mol. The predicted octanol–water partition coefficient (Wildman–Crippen LogP) is 4.33. The van der Waals surface area contributed by atoms with Crippen molar-refractivity contribution in [2.45, 2.75) is 32.6 Å². The molecular weight excluding hydrogens is 320 g/mol. The van der Waals surface area contributed by atoms with Gasteiger partial charge in [-0.15, -0.1) is 11.3 Å². The van der Waals surface area contributed by atoms with Crippen molar-refractivity contribution < 1.29 is 9.59 Å². The Hall–Kier alpha value is -2.14. The van der Waals surface area contributed by atoms with E-state index in [0.29, 0.717) is 22.7 Å².